The van der Waals surface area contributed by atoms with Crippen LogP contribution in [0.5, 0.6) is 6.08 Å². The molecule has 7 heteroatoms. The van der Waals surface area contributed by atoms with Gasteiger partial charge in [0.25, 0.3) is 5.89 Å². The molecule has 0 radical (unpaired) electrons. The Kier molecular flexibility index (Phi) is 7.51. The Bertz CT molecular complexity index is 1000. The van der Waals surface area contributed by atoms with E-state index in [-0.39, 0.29) is 23.1 Å². The molecule has 0 unspecified atom stereocenters. The van der Waals surface area contributed by atoms with Crippen LogP contribution in [0.3, 0.4) is 0 Å². The Labute approximate surface area is 188 Å². The third-order valence-corrected chi connectivity index (χ3v) is 5.22. The van der Waals surface area contributed by atoms with Crippen molar-refractivity contribution in [1.29, 1.82) is 0 Å². The van der Waals surface area contributed by atoms with E-state index < -0.39 is 5.97 Å². The molecular weight excluding hydrogens is 406 g/mol. The van der Waals surface area contributed by atoms with Crippen molar-refractivity contribution in [1.82, 2.24) is 10.2 Å². The lowest BCUT2D eigenvalue weighted by Gasteiger charge is -2.19. The molecule has 2 aromatic carbocycles. The number of aromatic carboxylic acids is 1. The van der Waals surface area contributed by atoms with Gasteiger partial charge in [0.15, 0.2) is 0 Å². The number of carbonyl (C=O) groups is 1. The summed E-state index contributed by atoms with van der Waals surface area (Å²) in [4.78, 5) is 11.0. The Morgan fingerprint density at radius 3 is 2.38 bits per heavy atom. The second-order valence-corrected chi connectivity index (χ2v) is 8.88. The molecule has 1 heterocycles. The second-order valence-electron chi connectivity index (χ2n) is 8.88. The van der Waals surface area contributed by atoms with Crippen LogP contribution in [0.2, 0.25) is 0 Å². The Morgan fingerprint density at radius 2 is 1.78 bits per heavy atom. The molecule has 1 atom stereocenters. The van der Waals surface area contributed by atoms with Crippen molar-refractivity contribution in [3.05, 3.63) is 59.7 Å². The van der Waals surface area contributed by atoms with E-state index in [0.717, 1.165) is 30.5 Å². The average Bonchev–Trinajstić information content (AvgIpc) is 3.24. The maximum Gasteiger partial charge on any atom is 0.414 e. The summed E-state index contributed by atoms with van der Waals surface area (Å²) in [7, 11) is 0. The first-order chi connectivity index (χ1) is 15.3. The number of hydrogen-bond donors (Lipinski definition) is 2. The van der Waals surface area contributed by atoms with Crippen LogP contribution in [0.1, 0.15) is 62.9 Å². The fraction of sp³-hybridized carbons (Fsp3) is 0.400. The lowest BCUT2D eigenvalue weighted by atomic mass is 9.87. The van der Waals surface area contributed by atoms with Crippen molar-refractivity contribution in [2.45, 2.75) is 58.4 Å². The van der Waals surface area contributed by atoms with Gasteiger partial charge >= 0.3 is 12.0 Å². The average molecular weight is 438 g/mol. The lowest BCUT2D eigenvalue weighted by Crippen LogP contribution is -2.27. The van der Waals surface area contributed by atoms with Crippen molar-refractivity contribution in [3.8, 4) is 17.5 Å². The van der Waals surface area contributed by atoms with E-state index in [1.54, 1.807) is 24.3 Å². The Morgan fingerprint density at radius 1 is 1.09 bits per heavy atom. The summed E-state index contributed by atoms with van der Waals surface area (Å²) in [6.45, 7) is 9.00. The maximum atomic E-state index is 11.0. The van der Waals surface area contributed by atoms with Crippen molar-refractivity contribution in [2.24, 2.45) is 0 Å². The zero-order chi connectivity index (χ0) is 23.1. The molecule has 0 saturated carbocycles. The third kappa shape index (κ3) is 6.33. The molecule has 3 aromatic rings. The monoisotopic (exact) mass is 437 g/mol. The Balaban J connectivity index is 1.62. The summed E-state index contributed by atoms with van der Waals surface area (Å²) in [5.74, 6) is -0.523. The first-order valence-corrected chi connectivity index (χ1v) is 10.9. The van der Waals surface area contributed by atoms with Crippen LogP contribution in [0.4, 0.5) is 5.69 Å². The smallest absolute Gasteiger partial charge is 0.414 e. The van der Waals surface area contributed by atoms with Gasteiger partial charge in [0.1, 0.15) is 6.61 Å². The SMILES string of the molecule is CCCC[C@@H](COc1nnc(-c2ccc(C(C)(C)C)cc2)o1)Nc1ccc(C(=O)O)cc1. The van der Waals surface area contributed by atoms with E-state index in [2.05, 4.69) is 55.3 Å². The molecule has 170 valence electrons. The number of ether oxygens (including phenoxy) is 1. The summed E-state index contributed by atoms with van der Waals surface area (Å²) in [6.07, 6.45) is 3.12. The minimum absolute atomic E-state index is 0.0204. The van der Waals surface area contributed by atoms with Gasteiger partial charge in [-0.1, -0.05) is 57.8 Å². The van der Waals surface area contributed by atoms with Crippen molar-refractivity contribution in [2.75, 3.05) is 11.9 Å². The van der Waals surface area contributed by atoms with Gasteiger partial charge in [-0.25, -0.2) is 4.79 Å². The number of nitrogens with one attached hydrogen (secondary N) is 1. The van der Waals surface area contributed by atoms with Gasteiger partial charge in [0.2, 0.25) is 0 Å². The number of benzene rings is 2. The molecule has 1 aromatic heterocycles. The molecule has 3 rings (SSSR count). The van der Waals surface area contributed by atoms with Crippen LogP contribution in [-0.4, -0.2) is 33.9 Å². The van der Waals surface area contributed by atoms with E-state index in [1.807, 2.05) is 12.1 Å². The predicted octanol–water partition coefficient (Wildman–Crippen LogP) is 5.78. The number of aromatic nitrogens is 2. The zero-order valence-corrected chi connectivity index (χ0v) is 19.1. The lowest BCUT2D eigenvalue weighted by molar-refractivity contribution is 0.0697. The fourth-order valence-corrected chi connectivity index (χ4v) is 3.26. The molecule has 0 aliphatic heterocycles. The van der Waals surface area contributed by atoms with Gasteiger partial charge in [0.05, 0.1) is 11.6 Å². The van der Waals surface area contributed by atoms with Crippen molar-refractivity contribution < 1.29 is 19.1 Å². The highest BCUT2D eigenvalue weighted by molar-refractivity contribution is 5.88. The highest BCUT2D eigenvalue weighted by atomic mass is 16.6. The van der Waals surface area contributed by atoms with E-state index in [1.165, 1.54) is 5.56 Å². The summed E-state index contributed by atoms with van der Waals surface area (Å²) in [6, 6.07) is 14.8. The van der Waals surface area contributed by atoms with Gasteiger partial charge in [0, 0.05) is 11.3 Å². The van der Waals surface area contributed by atoms with E-state index in [9.17, 15) is 4.79 Å². The molecule has 0 amide bonds. The highest BCUT2D eigenvalue weighted by Gasteiger charge is 2.16. The van der Waals surface area contributed by atoms with Crippen LogP contribution in [0.25, 0.3) is 11.5 Å². The fourth-order valence-electron chi connectivity index (χ4n) is 3.26. The highest BCUT2D eigenvalue weighted by Crippen LogP contribution is 2.26. The van der Waals surface area contributed by atoms with Crippen LogP contribution in [-0.2, 0) is 5.41 Å². The second kappa shape index (κ2) is 10.3. The third-order valence-electron chi connectivity index (χ3n) is 5.22. The van der Waals surface area contributed by atoms with Gasteiger partial charge in [-0.3, -0.25) is 0 Å². The molecule has 32 heavy (non-hydrogen) atoms. The Hall–Kier alpha value is -3.35. The van der Waals surface area contributed by atoms with Crippen LogP contribution < -0.4 is 10.1 Å². The predicted molar refractivity (Wildman–Crippen MR) is 124 cm³/mol. The minimum Gasteiger partial charge on any atom is -0.478 e. The molecule has 0 spiro atoms. The quantitative estimate of drug-likeness (QED) is 0.415. The summed E-state index contributed by atoms with van der Waals surface area (Å²) in [5, 5.41) is 20.6. The van der Waals surface area contributed by atoms with E-state index in [0.29, 0.717) is 12.5 Å². The van der Waals surface area contributed by atoms with Gasteiger partial charge in [-0.15, -0.1) is 5.10 Å². The van der Waals surface area contributed by atoms with Crippen LogP contribution in [0.15, 0.2) is 52.9 Å². The normalized spacial score (nSPS) is 12.4. The summed E-state index contributed by atoms with van der Waals surface area (Å²) < 4.78 is 11.5. The molecule has 0 saturated heterocycles. The number of carboxylic acid groups (broad SMARTS) is 1. The maximum absolute atomic E-state index is 11.0. The largest absolute Gasteiger partial charge is 0.478 e. The number of hydrogen-bond acceptors (Lipinski definition) is 6. The molecular formula is C25H31N3O4. The standard InChI is InChI=1S/C25H31N3O4/c1-5-6-7-21(26-20-14-10-18(11-15-20)23(29)30)16-31-24-28-27-22(32-24)17-8-12-19(13-9-17)25(2,3)4/h8-15,21,26H,5-7,16H2,1-4H3,(H,29,30)/t21-/m0/s1. The topological polar surface area (TPSA) is 97.5 Å². The molecule has 2 N–H and O–H groups in total. The van der Waals surface area contributed by atoms with Gasteiger partial charge in [-0.05, 0) is 53.8 Å². The minimum atomic E-state index is -0.942. The van der Waals surface area contributed by atoms with Gasteiger partial charge in [-0.2, -0.15) is 0 Å². The summed E-state index contributed by atoms with van der Waals surface area (Å²) >= 11 is 0. The molecule has 0 aliphatic rings. The van der Waals surface area contributed by atoms with Gasteiger partial charge < -0.3 is 19.6 Å². The van der Waals surface area contributed by atoms with Crippen LogP contribution in [0, 0.1) is 0 Å². The first kappa shape index (κ1) is 23.3. The van der Waals surface area contributed by atoms with E-state index >= 15 is 0 Å². The summed E-state index contributed by atoms with van der Waals surface area (Å²) in [5.41, 5.74) is 3.25. The first-order valence-electron chi connectivity index (χ1n) is 10.9. The molecule has 0 aliphatic carbocycles. The number of carboxylic acids is 1. The number of rotatable bonds is 10. The van der Waals surface area contributed by atoms with E-state index in [4.69, 9.17) is 14.3 Å². The van der Waals surface area contributed by atoms with Crippen molar-refractivity contribution >= 4 is 11.7 Å². The molecule has 0 fully saturated rings. The number of anilines is 1. The zero-order valence-electron chi connectivity index (χ0n) is 19.1. The number of unbranched alkanes of at least 4 members (excludes halogenated alkanes) is 1. The number of nitrogens with zero attached hydrogens (tertiary/aromatic N) is 2. The molecule has 7 nitrogen and oxygen atoms in total. The van der Waals surface area contributed by atoms with Crippen molar-refractivity contribution in [3.63, 3.8) is 0 Å². The molecule has 0 bridgehead atoms. The van der Waals surface area contributed by atoms with Crippen LogP contribution >= 0.6 is 0 Å².